The summed E-state index contributed by atoms with van der Waals surface area (Å²) in [7, 11) is 0. The van der Waals surface area contributed by atoms with Crippen molar-refractivity contribution in [2.45, 2.75) is 69.2 Å². The van der Waals surface area contributed by atoms with Gasteiger partial charge in [-0.05, 0) is 50.2 Å². The van der Waals surface area contributed by atoms with Crippen LogP contribution < -0.4 is 4.74 Å². The third-order valence-corrected chi connectivity index (χ3v) is 6.49. The minimum Gasteiger partial charge on any atom is -0.504 e. The quantitative estimate of drug-likeness (QED) is 0.688. The number of rotatable bonds is 0. The summed E-state index contributed by atoms with van der Waals surface area (Å²) in [5.41, 5.74) is 0.474. The first-order valence-electron chi connectivity index (χ1n) is 8.32. The Hall–Kier alpha value is -1.26. The lowest BCUT2D eigenvalue weighted by Gasteiger charge is -2.58. The molecule has 1 aromatic rings. The van der Waals surface area contributed by atoms with Crippen LogP contribution in [0.2, 0.25) is 0 Å². The summed E-state index contributed by atoms with van der Waals surface area (Å²) >= 11 is 0. The van der Waals surface area contributed by atoms with Crippen LogP contribution >= 0.6 is 0 Å². The fraction of sp³-hybridized carbons (Fsp3) is 0.667. The summed E-state index contributed by atoms with van der Waals surface area (Å²) in [6.45, 7) is 4.10. The molecule has 1 aliphatic heterocycles. The Balaban J connectivity index is 2.02. The van der Waals surface area contributed by atoms with E-state index in [0.29, 0.717) is 18.6 Å². The predicted molar refractivity (Wildman–Crippen MR) is 82.1 cm³/mol. The molecule has 0 amide bonds. The maximum atomic E-state index is 11.6. The standard InChI is InChI=1S/C18H24O4/c1-10-5-6-12(19)15-14(10)17-8-3-4-11(2)18(17,21)9-7-13(20)16(17)22-15/h5-6,11,13,16,19-21H,3-4,7-9H2,1-2H3/t11-,13+,16-,17-,18+/m0/s1. The second-order valence-electron chi connectivity index (χ2n) is 7.44. The van der Waals surface area contributed by atoms with E-state index in [1.807, 2.05) is 13.0 Å². The molecule has 2 aliphatic carbocycles. The fourth-order valence-corrected chi connectivity index (χ4v) is 5.42. The lowest BCUT2D eigenvalue weighted by atomic mass is 9.49. The Morgan fingerprint density at radius 2 is 2.00 bits per heavy atom. The maximum absolute atomic E-state index is 11.6. The van der Waals surface area contributed by atoms with E-state index < -0.39 is 23.2 Å². The first-order chi connectivity index (χ1) is 10.4. The minimum atomic E-state index is -0.876. The molecule has 0 bridgehead atoms. The lowest BCUT2D eigenvalue weighted by Crippen LogP contribution is -2.68. The highest BCUT2D eigenvalue weighted by molar-refractivity contribution is 5.59. The molecule has 3 aliphatic rings. The zero-order valence-electron chi connectivity index (χ0n) is 13.2. The number of fused-ring (bicyclic) bond motifs is 1. The van der Waals surface area contributed by atoms with Crippen LogP contribution in [-0.4, -0.2) is 33.1 Å². The van der Waals surface area contributed by atoms with Gasteiger partial charge in [-0.1, -0.05) is 19.4 Å². The lowest BCUT2D eigenvalue weighted by molar-refractivity contribution is -0.186. The van der Waals surface area contributed by atoms with Crippen molar-refractivity contribution in [3.05, 3.63) is 23.3 Å². The summed E-state index contributed by atoms with van der Waals surface area (Å²) in [6, 6.07) is 3.52. The Bertz CT molecular complexity index is 628. The van der Waals surface area contributed by atoms with Crippen molar-refractivity contribution in [1.82, 2.24) is 0 Å². The van der Waals surface area contributed by atoms with E-state index in [0.717, 1.165) is 30.4 Å². The summed E-state index contributed by atoms with van der Waals surface area (Å²) < 4.78 is 6.05. The van der Waals surface area contributed by atoms with Crippen LogP contribution in [0.15, 0.2) is 12.1 Å². The number of aliphatic hydroxyl groups is 2. The van der Waals surface area contributed by atoms with E-state index in [9.17, 15) is 15.3 Å². The normalized spacial score (nSPS) is 43.0. The van der Waals surface area contributed by atoms with Gasteiger partial charge in [0.1, 0.15) is 6.10 Å². The molecular formula is C18H24O4. The van der Waals surface area contributed by atoms with E-state index >= 15 is 0 Å². The smallest absolute Gasteiger partial charge is 0.165 e. The molecular weight excluding hydrogens is 280 g/mol. The van der Waals surface area contributed by atoms with Crippen LogP contribution in [0.5, 0.6) is 11.5 Å². The molecule has 2 saturated carbocycles. The summed E-state index contributed by atoms with van der Waals surface area (Å²) in [5.74, 6) is 0.739. The SMILES string of the molecule is Cc1ccc(O)c2c1[C@]13CCC[C@H](C)[C@]1(O)CC[C@@H](O)[C@@H]3O2. The number of aliphatic hydroxyl groups excluding tert-OH is 1. The van der Waals surface area contributed by atoms with E-state index in [-0.39, 0.29) is 11.7 Å². The highest BCUT2D eigenvalue weighted by atomic mass is 16.5. The molecule has 4 heteroatoms. The van der Waals surface area contributed by atoms with Gasteiger partial charge in [-0.25, -0.2) is 0 Å². The third kappa shape index (κ3) is 1.45. The van der Waals surface area contributed by atoms with Crippen LogP contribution in [-0.2, 0) is 5.41 Å². The first-order valence-corrected chi connectivity index (χ1v) is 8.32. The van der Waals surface area contributed by atoms with E-state index in [1.165, 1.54) is 0 Å². The number of aromatic hydroxyl groups is 1. The Kier molecular flexibility index (Phi) is 2.86. The number of aryl methyl sites for hydroxylation is 1. The van der Waals surface area contributed by atoms with Gasteiger partial charge >= 0.3 is 0 Å². The number of ether oxygens (including phenoxy) is 1. The fourth-order valence-electron chi connectivity index (χ4n) is 5.42. The van der Waals surface area contributed by atoms with Crippen molar-refractivity contribution in [3.63, 3.8) is 0 Å². The van der Waals surface area contributed by atoms with Gasteiger partial charge in [0, 0.05) is 5.56 Å². The largest absolute Gasteiger partial charge is 0.504 e. The van der Waals surface area contributed by atoms with Crippen molar-refractivity contribution >= 4 is 0 Å². The van der Waals surface area contributed by atoms with Gasteiger partial charge in [-0.15, -0.1) is 0 Å². The summed E-state index contributed by atoms with van der Waals surface area (Å²) in [4.78, 5) is 0. The van der Waals surface area contributed by atoms with Gasteiger partial charge in [0.25, 0.3) is 0 Å². The zero-order chi connectivity index (χ0) is 15.7. The van der Waals surface area contributed by atoms with Crippen molar-refractivity contribution in [1.29, 1.82) is 0 Å². The molecule has 120 valence electrons. The van der Waals surface area contributed by atoms with Crippen molar-refractivity contribution in [2.24, 2.45) is 5.92 Å². The molecule has 4 nitrogen and oxygen atoms in total. The molecule has 5 atom stereocenters. The molecule has 0 aromatic heterocycles. The zero-order valence-corrected chi connectivity index (χ0v) is 13.2. The average molecular weight is 304 g/mol. The molecule has 3 N–H and O–H groups in total. The predicted octanol–water partition coefficient (Wildman–Crippen LogP) is 2.41. The average Bonchev–Trinajstić information content (AvgIpc) is 2.85. The van der Waals surface area contributed by atoms with Gasteiger partial charge < -0.3 is 20.1 Å². The van der Waals surface area contributed by atoms with Gasteiger partial charge in [-0.3, -0.25) is 0 Å². The molecule has 0 radical (unpaired) electrons. The molecule has 4 rings (SSSR count). The van der Waals surface area contributed by atoms with Crippen LogP contribution in [0.4, 0.5) is 0 Å². The number of phenols is 1. The van der Waals surface area contributed by atoms with Gasteiger partial charge in [-0.2, -0.15) is 0 Å². The summed E-state index contributed by atoms with van der Waals surface area (Å²) in [5, 5.41) is 32.4. The van der Waals surface area contributed by atoms with E-state index in [2.05, 4.69) is 6.92 Å². The van der Waals surface area contributed by atoms with Crippen LogP contribution in [0.1, 0.15) is 50.2 Å². The van der Waals surface area contributed by atoms with E-state index in [1.54, 1.807) is 6.07 Å². The first kappa shape index (κ1) is 14.3. The summed E-state index contributed by atoms with van der Waals surface area (Å²) in [6.07, 6.45) is 2.86. The minimum absolute atomic E-state index is 0.108. The van der Waals surface area contributed by atoms with Crippen LogP contribution in [0.3, 0.4) is 0 Å². The second-order valence-corrected chi connectivity index (χ2v) is 7.44. The highest BCUT2D eigenvalue weighted by Gasteiger charge is 2.68. The van der Waals surface area contributed by atoms with E-state index in [4.69, 9.17) is 4.74 Å². The van der Waals surface area contributed by atoms with Crippen molar-refractivity contribution in [2.75, 3.05) is 0 Å². The van der Waals surface area contributed by atoms with Gasteiger partial charge in [0.2, 0.25) is 0 Å². The van der Waals surface area contributed by atoms with Crippen LogP contribution in [0.25, 0.3) is 0 Å². The number of phenolic OH excluding ortho intramolecular Hbond substituents is 1. The number of hydrogen-bond acceptors (Lipinski definition) is 4. The van der Waals surface area contributed by atoms with Crippen molar-refractivity contribution in [3.8, 4) is 11.5 Å². The number of benzene rings is 1. The molecule has 1 aromatic carbocycles. The maximum Gasteiger partial charge on any atom is 0.165 e. The van der Waals surface area contributed by atoms with Gasteiger partial charge in [0.15, 0.2) is 11.5 Å². The topological polar surface area (TPSA) is 69.9 Å². The molecule has 1 heterocycles. The van der Waals surface area contributed by atoms with Crippen LogP contribution in [0, 0.1) is 12.8 Å². The Morgan fingerprint density at radius 3 is 2.77 bits per heavy atom. The van der Waals surface area contributed by atoms with Crippen molar-refractivity contribution < 1.29 is 20.1 Å². The number of hydrogen-bond donors (Lipinski definition) is 3. The third-order valence-electron chi connectivity index (χ3n) is 6.49. The molecule has 0 unspecified atom stereocenters. The Morgan fingerprint density at radius 1 is 1.23 bits per heavy atom. The highest BCUT2D eigenvalue weighted by Crippen LogP contribution is 2.64. The molecule has 22 heavy (non-hydrogen) atoms. The molecule has 1 spiro atoms. The Labute approximate surface area is 130 Å². The molecule has 2 fully saturated rings. The molecule has 0 saturated heterocycles. The second kappa shape index (κ2) is 4.39. The van der Waals surface area contributed by atoms with Gasteiger partial charge in [0.05, 0.1) is 17.1 Å². The monoisotopic (exact) mass is 304 g/mol.